The molecule has 0 unspecified atom stereocenters. The molecule has 0 atom stereocenters. The average molecular weight is 650 g/mol. The lowest BCUT2D eigenvalue weighted by molar-refractivity contribution is 0.0557. The number of sulfone groups is 1. The van der Waals surface area contributed by atoms with Crippen LogP contribution < -0.4 is 10.5 Å². The molecule has 2 heterocycles. The van der Waals surface area contributed by atoms with Gasteiger partial charge in [-0.2, -0.15) is 13.9 Å². The third-order valence-electron chi connectivity index (χ3n) is 5.36. The molecule has 0 aliphatic rings. The SMILES string of the molecule is CS(=O)(=O)c1ccc(-c2csc(N(Cc3ccc(C(F)(F)P(=O)(O)O)c(Br)c3)Cc3cc(=O)[nH]o3)n2)cc1. The molecule has 2 aromatic heterocycles. The monoisotopic (exact) mass is 649 g/mol. The Balaban J connectivity index is 1.65. The van der Waals surface area contributed by atoms with Crippen molar-refractivity contribution in [3.63, 3.8) is 0 Å². The fourth-order valence-corrected chi connectivity index (χ4v) is 6.27. The molecule has 0 radical (unpaired) electrons. The van der Waals surface area contributed by atoms with Gasteiger partial charge in [0.25, 0.3) is 5.56 Å². The first-order chi connectivity index (χ1) is 17.6. The van der Waals surface area contributed by atoms with Gasteiger partial charge in [0.1, 0.15) is 0 Å². The first-order valence-electron chi connectivity index (χ1n) is 10.6. The van der Waals surface area contributed by atoms with Crippen LogP contribution in [0.15, 0.2) is 72.6 Å². The van der Waals surface area contributed by atoms with E-state index in [9.17, 15) is 26.6 Å². The van der Waals surface area contributed by atoms with Gasteiger partial charge in [0, 0.05) is 39.8 Å². The van der Waals surface area contributed by atoms with Gasteiger partial charge >= 0.3 is 13.3 Å². The maximum absolute atomic E-state index is 14.2. The van der Waals surface area contributed by atoms with Gasteiger partial charge in [-0.15, -0.1) is 11.3 Å². The molecule has 10 nitrogen and oxygen atoms in total. The van der Waals surface area contributed by atoms with E-state index in [4.69, 9.17) is 14.3 Å². The summed E-state index contributed by atoms with van der Waals surface area (Å²) in [6.45, 7) is 0.186. The molecule has 0 spiro atoms. The van der Waals surface area contributed by atoms with Crippen molar-refractivity contribution >= 4 is 49.8 Å². The summed E-state index contributed by atoms with van der Waals surface area (Å²) in [5.74, 6) is 0.285. The summed E-state index contributed by atoms with van der Waals surface area (Å²) >= 11 is 4.24. The average Bonchev–Trinajstić information content (AvgIpc) is 3.46. The van der Waals surface area contributed by atoms with Crippen molar-refractivity contribution in [1.29, 1.82) is 0 Å². The molecule has 4 rings (SSSR count). The number of thiazole rings is 1. The number of aromatic amines is 1. The van der Waals surface area contributed by atoms with Crippen LogP contribution in [-0.2, 0) is 33.2 Å². The Kier molecular flexibility index (Phi) is 7.81. The van der Waals surface area contributed by atoms with E-state index in [1.54, 1.807) is 22.4 Å². The van der Waals surface area contributed by atoms with Gasteiger partial charge in [-0.05, 0) is 23.8 Å². The summed E-state index contributed by atoms with van der Waals surface area (Å²) in [5.41, 5.74) is -3.96. The smallest absolute Gasteiger partial charge is 0.382 e. The molecule has 0 saturated carbocycles. The summed E-state index contributed by atoms with van der Waals surface area (Å²) in [4.78, 5) is 36.2. The van der Waals surface area contributed by atoms with Crippen LogP contribution in [0.5, 0.6) is 0 Å². The molecule has 0 bridgehead atoms. The van der Waals surface area contributed by atoms with Gasteiger partial charge in [-0.1, -0.05) is 40.2 Å². The van der Waals surface area contributed by atoms with Crippen molar-refractivity contribution in [1.82, 2.24) is 10.1 Å². The summed E-state index contributed by atoms with van der Waals surface area (Å²) < 4.78 is 68.2. The van der Waals surface area contributed by atoms with E-state index < -0.39 is 34.2 Å². The normalized spacial score (nSPS) is 12.6. The van der Waals surface area contributed by atoms with Gasteiger partial charge in [-0.25, -0.2) is 13.4 Å². The Bertz CT molecular complexity index is 1680. The van der Waals surface area contributed by atoms with Crippen molar-refractivity contribution in [2.75, 3.05) is 11.2 Å². The molecule has 0 amide bonds. The fraction of sp³-hybridized carbons (Fsp3) is 0.182. The number of nitrogens with one attached hydrogen (secondary N) is 1. The maximum atomic E-state index is 14.2. The second kappa shape index (κ2) is 10.5. The minimum absolute atomic E-state index is 0.0801. The molecule has 16 heteroatoms. The number of H-pyrrole nitrogens is 1. The zero-order valence-corrected chi connectivity index (χ0v) is 23.5. The van der Waals surface area contributed by atoms with Gasteiger partial charge in [0.15, 0.2) is 20.7 Å². The molecule has 202 valence electrons. The molecule has 2 aromatic carbocycles. The van der Waals surface area contributed by atoms with Crippen molar-refractivity contribution in [2.24, 2.45) is 0 Å². The Hall–Kier alpha value is -2.68. The third-order valence-corrected chi connectivity index (χ3v) is 9.02. The molecule has 4 aromatic rings. The number of rotatable bonds is 9. The molecular weight excluding hydrogens is 631 g/mol. The lowest BCUT2D eigenvalue weighted by atomic mass is 10.1. The summed E-state index contributed by atoms with van der Waals surface area (Å²) in [6, 6.07) is 11.0. The Morgan fingerprint density at radius 2 is 1.84 bits per heavy atom. The lowest BCUT2D eigenvalue weighted by Gasteiger charge is -2.22. The number of nitrogens with zero attached hydrogens (tertiary/aromatic N) is 2. The highest BCUT2D eigenvalue weighted by atomic mass is 79.9. The van der Waals surface area contributed by atoms with Crippen LogP contribution in [0.3, 0.4) is 0 Å². The first kappa shape index (κ1) is 28.3. The lowest BCUT2D eigenvalue weighted by Crippen LogP contribution is -2.22. The van der Waals surface area contributed by atoms with E-state index in [0.29, 0.717) is 22.0 Å². The van der Waals surface area contributed by atoms with Crippen LogP contribution in [0.4, 0.5) is 13.9 Å². The number of benzene rings is 2. The van der Waals surface area contributed by atoms with Crippen molar-refractivity contribution in [2.45, 2.75) is 23.6 Å². The molecule has 3 N–H and O–H groups in total. The molecular formula is C22H19BrF2N3O7PS2. The minimum atomic E-state index is -5.75. The van der Waals surface area contributed by atoms with Crippen LogP contribution in [0, 0.1) is 0 Å². The third kappa shape index (κ3) is 6.14. The van der Waals surface area contributed by atoms with E-state index in [2.05, 4.69) is 26.1 Å². The van der Waals surface area contributed by atoms with E-state index >= 15 is 0 Å². The van der Waals surface area contributed by atoms with Crippen LogP contribution in [0.1, 0.15) is 16.9 Å². The molecule has 0 aliphatic carbocycles. The van der Waals surface area contributed by atoms with E-state index in [1.807, 2.05) is 0 Å². The predicted octanol–water partition coefficient (Wildman–Crippen LogP) is 4.69. The van der Waals surface area contributed by atoms with E-state index in [1.165, 1.54) is 41.7 Å². The van der Waals surface area contributed by atoms with Crippen LogP contribution >= 0.6 is 34.9 Å². The Labute approximate surface area is 227 Å². The van der Waals surface area contributed by atoms with Crippen LogP contribution in [0.2, 0.25) is 0 Å². The number of anilines is 1. The Morgan fingerprint density at radius 1 is 1.16 bits per heavy atom. The van der Waals surface area contributed by atoms with E-state index in [0.717, 1.165) is 12.3 Å². The minimum Gasteiger partial charge on any atom is -0.382 e. The standard InChI is InChI=1S/C22H19BrF2N3O7PS2/c1-38(33,34)16-5-3-14(4-6-16)19-12-37-21(26-19)28(11-15-9-20(29)27-35-15)10-13-2-7-17(18(23)8-13)22(24,25)36(30,31)32/h2-9,12H,10-11H2,1H3,(H,27,29)(H2,30,31,32). The van der Waals surface area contributed by atoms with Gasteiger partial charge < -0.3 is 19.2 Å². The quantitative estimate of drug-likeness (QED) is 0.219. The second-order valence-corrected chi connectivity index (χ2v) is 13.6. The second-order valence-electron chi connectivity index (χ2n) is 8.25. The summed E-state index contributed by atoms with van der Waals surface area (Å²) in [5, 5.41) is 4.43. The zero-order chi connectivity index (χ0) is 27.9. The number of halogens is 3. The topological polar surface area (TPSA) is 154 Å². The van der Waals surface area contributed by atoms with Crippen LogP contribution in [-0.4, -0.2) is 34.6 Å². The van der Waals surface area contributed by atoms with Gasteiger partial charge in [0.05, 0.1) is 17.1 Å². The van der Waals surface area contributed by atoms with Crippen molar-refractivity contribution in [3.8, 4) is 11.3 Å². The largest absolute Gasteiger partial charge is 0.399 e. The predicted molar refractivity (Wildman–Crippen MR) is 140 cm³/mol. The van der Waals surface area contributed by atoms with Gasteiger partial charge in [0.2, 0.25) is 0 Å². The zero-order valence-electron chi connectivity index (χ0n) is 19.3. The molecule has 0 aliphatic heterocycles. The number of alkyl halides is 2. The fourth-order valence-electron chi connectivity index (χ4n) is 3.47. The highest BCUT2D eigenvalue weighted by Gasteiger charge is 2.51. The highest BCUT2D eigenvalue weighted by Crippen LogP contribution is 2.60. The van der Waals surface area contributed by atoms with Gasteiger partial charge in [-0.3, -0.25) is 9.36 Å². The molecule has 0 fully saturated rings. The maximum Gasteiger partial charge on any atom is 0.399 e. The summed E-state index contributed by atoms with van der Waals surface area (Å²) in [6.07, 6.45) is 1.11. The molecule has 0 saturated heterocycles. The van der Waals surface area contributed by atoms with Crippen LogP contribution in [0.25, 0.3) is 11.3 Å². The molecule has 38 heavy (non-hydrogen) atoms. The first-order valence-corrected chi connectivity index (χ1v) is 15.7. The van der Waals surface area contributed by atoms with Crippen molar-refractivity contribution in [3.05, 3.63) is 85.6 Å². The summed E-state index contributed by atoms with van der Waals surface area (Å²) in [7, 11) is -9.11. The number of hydrogen-bond donors (Lipinski definition) is 3. The number of hydrogen-bond acceptors (Lipinski definition) is 8. The highest BCUT2D eigenvalue weighted by molar-refractivity contribution is 9.10. The van der Waals surface area contributed by atoms with Crippen molar-refractivity contribution < 1.29 is 36.1 Å². The number of aromatic nitrogens is 2. The Morgan fingerprint density at radius 3 is 2.39 bits per heavy atom. The van der Waals surface area contributed by atoms with E-state index in [-0.39, 0.29) is 28.2 Å².